The van der Waals surface area contributed by atoms with Gasteiger partial charge in [0.05, 0.1) is 18.3 Å². The van der Waals surface area contributed by atoms with Crippen LogP contribution in [-0.2, 0) is 33.3 Å². The van der Waals surface area contributed by atoms with Gasteiger partial charge in [-0.3, -0.25) is 14.4 Å². The zero-order valence-corrected chi connectivity index (χ0v) is 20.8. The minimum absolute atomic E-state index is 0.256. The predicted octanol–water partition coefficient (Wildman–Crippen LogP) is 3.90. The average Bonchev–Trinajstić information content (AvgIpc) is 2.73. The second-order valence-corrected chi connectivity index (χ2v) is 9.19. The Labute approximate surface area is 201 Å². The Balaban J connectivity index is 2.62. The van der Waals surface area contributed by atoms with E-state index in [1.165, 1.54) is 27.0 Å². The van der Waals surface area contributed by atoms with Crippen molar-refractivity contribution in [1.29, 1.82) is 0 Å². The molecule has 1 N–H and O–H groups in total. The van der Waals surface area contributed by atoms with Gasteiger partial charge in [0.15, 0.2) is 12.2 Å². The molecule has 2 aliphatic rings. The lowest BCUT2D eigenvalue weighted by Crippen LogP contribution is -2.45. The van der Waals surface area contributed by atoms with Crippen LogP contribution in [0.5, 0.6) is 0 Å². The van der Waals surface area contributed by atoms with Gasteiger partial charge in [-0.2, -0.15) is 0 Å². The van der Waals surface area contributed by atoms with Crippen molar-refractivity contribution in [3.05, 3.63) is 47.3 Å². The van der Waals surface area contributed by atoms with Gasteiger partial charge in [-0.1, -0.05) is 29.4 Å². The minimum Gasteiger partial charge on any atom is -0.462 e. The molecule has 1 heterocycles. The molecule has 34 heavy (non-hydrogen) atoms. The molecule has 8 nitrogen and oxygen atoms in total. The highest BCUT2D eigenvalue weighted by atomic mass is 16.7. The highest BCUT2D eigenvalue weighted by molar-refractivity contribution is 5.68. The summed E-state index contributed by atoms with van der Waals surface area (Å²) >= 11 is 0. The van der Waals surface area contributed by atoms with Gasteiger partial charge < -0.3 is 24.1 Å². The number of carbonyl (C=O) groups is 3. The number of esters is 3. The Hall–Kier alpha value is -2.87. The molecule has 0 bridgehead atoms. The van der Waals surface area contributed by atoms with E-state index < -0.39 is 48.4 Å². The van der Waals surface area contributed by atoms with Crippen LogP contribution in [0.2, 0.25) is 0 Å². The monoisotopic (exact) mass is 476 g/mol. The first-order valence-corrected chi connectivity index (χ1v) is 11.4. The predicted molar refractivity (Wildman–Crippen MR) is 125 cm³/mol. The summed E-state index contributed by atoms with van der Waals surface area (Å²) in [6.45, 7) is 13.7. The molecule has 0 unspecified atom stereocenters. The number of allylic oxidation sites excluding steroid dienone is 2. The van der Waals surface area contributed by atoms with Gasteiger partial charge in [0.1, 0.15) is 0 Å². The van der Waals surface area contributed by atoms with Gasteiger partial charge in [-0.15, -0.1) is 0 Å². The number of hydrogen-bond acceptors (Lipinski definition) is 8. The van der Waals surface area contributed by atoms with Crippen LogP contribution < -0.4 is 0 Å². The fourth-order valence-electron chi connectivity index (χ4n) is 4.55. The maximum absolute atomic E-state index is 12.1. The third-order valence-corrected chi connectivity index (χ3v) is 5.76. The summed E-state index contributed by atoms with van der Waals surface area (Å²) in [4.78, 5) is 35.8. The molecule has 0 fully saturated rings. The number of rotatable bonds is 6. The molecular weight excluding hydrogens is 440 g/mol. The summed E-state index contributed by atoms with van der Waals surface area (Å²) in [6.07, 6.45) is 2.93. The van der Waals surface area contributed by atoms with Crippen LogP contribution >= 0.6 is 0 Å². The minimum atomic E-state index is -0.954. The highest BCUT2D eigenvalue weighted by Crippen LogP contribution is 2.44. The second-order valence-electron chi connectivity index (χ2n) is 9.19. The van der Waals surface area contributed by atoms with E-state index in [1.54, 1.807) is 12.2 Å². The Bertz CT molecular complexity index is 892. The quantitative estimate of drug-likeness (QED) is 0.349. The van der Waals surface area contributed by atoms with Crippen LogP contribution in [0.15, 0.2) is 47.3 Å². The number of hydrogen-bond donors (Lipinski definition) is 1. The van der Waals surface area contributed by atoms with E-state index in [0.717, 1.165) is 11.1 Å². The van der Waals surface area contributed by atoms with Crippen molar-refractivity contribution in [1.82, 2.24) is 0 Å². The summed E-state index contributed by atoms with van der Waals surface area (Å²) < 4.78 is 22.5. The van der Waals surface area contributed by atoms with E-state index in [2.05, 4.69) is 6.58 Å². The van der Waals surface area contributed by atoms with Crippen molar-refractivity contribution in [2.45, 2.75) is 85.4 Å². The molecular formula is C26H36O8. The largest absolute Gasteiger partial charge is 0.462 e. The molecule has 0 radical (unpaired) electrons. The lowest BCUT2D eigenvalue weighted by Gasteiger charge is -2.41. The van der Waals surface area contributed by atoms with Gasteiger partial charge in [-0.05, 0) is 46.1 Å². The van der Waals surface area contributed by atoms with Crippen LogP contribution in [0.1, 0.15) is 60.8 Å². The van der Waals surface area contributed by atoms with Crippen molar-refractivity contribution in [2.24, 2.45) is 11.8 Å². The zero-order chi connectivity index (χ0) is 25.6. The van der Waals surface area contributed by atoms with Crippen LogP contribution in [0.25, 0.3) is 0 Å². The number of carbonyl (C=O) groups excluding carboxylic acids is 3. The molecule has 0 amide bonds. The number of aliphatic hydroxyl groups is 1. The highest BCUT2D eigenvalue weighted by Gasteiger charge is 2.45. The summed E-state index contributed by atoms with van der Waals surface area (Å²) in [7, 11) is 0. The van der Waals surface area contributed by atoms with E-state index in [9.17, 15) is 19.5 Å². The average molecular weight is 477 g/mol. The molecule has 0 aromatic carbocycles. The Kier molecular flexibility index (Phi) is 9.67. The van der Waals surface area contributed by atoms with E-state index in [0.29, 0.717) is 24.0 Å². The van der Waals surface area contributed by atoms with Gasteiger partial charge in [-0.25, -0.2) is 0 Å². The van der Waals surface area contributed by atoms with E-state index in [1.807, 2.05) is 20.8 Å². The van der Waals surface area contributed by atoms with Crippen molar-refractivity contribution >= 4 is 17.9 Å². The fraction of sp³-hybridized carbons (Fsp3) is 0.577. The Morgan fingerprint density at radius 2 is 1.76 bits per heavy atom. The summed E-state index contributed by atoms with van der Waals surface area (Å²) in [6, 6.07) is 0. The lowest BCUT2D eigenvalue weighted by molar-refractivity contribution is -0.182. The van der Waals surface area contributed by atoms with E-state index >= 15 is 0 Å². The van der Waals surface area contributed by atoms with Crippen LogP contribution in [0.3, 0.4) is 0 Å². The molecule has 1 aliphatic heterocycles. The molecule has 6 atom stereocenters. The third-order valence-electron chi connectivity index (χ3n) is 5.76. The first kappa shape index (κ1) is 27.4. The van der Waals surface area contributed by atoms with Crippen molar-refractivity contribution in [3.8, 4) is 0 Å². The zero-order valence-electron chi connectivity index (χ0n) is 20.8. The van der Waals surface area contributed by atoms with Gasteiger partial charge in [0.2, 0.25) is 6.29 Å². The van der Waals surface area contributed by atoms with Crippen molar-refractivity contribution in [2.75, 3.05) is 0 Å². The smallest absolute Gasteiger partial charge is 0.305 e. The molecule has 8 heteroatoms. The first-order valence-electron chi connectivity index (χ1n) is 11.4. The van der Waals surface area contributed by atoms with Crippen LogP contribution in [0, 0.1) is 11.8 Å². The fourth-order valence-corrected chi connectivity index (χ4v) is 4.55. The second kappa shape index (κ2) is 12.0. The number of fused-ring (bicyclic) bond motifs is 1. The summed E-state index contributed by atoms with van der Waals surface area (Å²) in [5.41, 5.74) is 3.11. The first-order chi connectivity index (χ1) is 15.9. The topological polar surface area (TPSA) is 108 Å². The molecule has 2 rings (SSSR count). The van der Waals surface area contributed by atoms with Crippen LogP contribution in [0.4, 0.5) is 0 Å². The molecule has 1 aliphatic carbocycles. The van der Waals surface area contributed by atoms with Gasteiger partial charge in [0.25, 0.3) is 0 Å². The molecule has 0 aromatic rings. The number of aliphatic hydroxyl groups excluding tert-OH is 1. The van der Waals surface area contributed by atoms with Gasteiger partial charge >= 0.3 is 17.9 Å². The third kappa shape index (κ3) is 7.58. The van der Waals surface area contributed by atoms with E-state index in [-0.39, 0.29) is 12.3 Å². The van der Waals surface area contributed by atoms with Crippen molar-refractivity contribution < 1.29 is 38.4 Å². The maximum Gasteiger partial charge on any atom is 0.305 e. The van der Waals surface area contributed by atoms with Crippen LogP contribution in [-0.4, -0.2) is 47.6 Å². The van der Waals surface area contributed by atoms with Crippen molar-refractivity contribution in [3.63, 3.8) is 0 Å². The Morgan fingerprint density at radius 1 is 1.12 bits per heavy atom. The standard InChI is InChI=1S/C26H36O8/c1-14(2)10-23(32-17(5)27)25(33-18(6)28)22-13-31-26(34-19(7)29)24-16(4)12-20(30)11-15(3)8-9-21(22)24/h10-11,13,20-21,23-26,30H,4,8-9,12H2,1-3,5-7H3/b15-11+/t20-,21+,23-,24-,25+,26+/m0/s1. The number of ether oxygens (including phenoxy) is 4. The molecule has 0 aromatic heterocycles. The molecule has 188 valence electrons. The maximum atomic E-state index is 12.1. The Morgan fingerprint density at radius 3 is 2.32 bits per heavy atom. The molecule has 0 spiro atoms. The molecule has 0 saturated carbocycles. The normalized spacial score (nSPS) is 28.0. The van der Waals surface area contributed by atoms with E-state index in [4.69, 9.17) is 18.9 Å². The SMILES string of the molecule is C=C1C[C@@H](O)/C=C(\C)CC[C@@H]2C([C@@H](OC(C)=O)[C@H](C=C(C)C)OC(C)=O)=CO[C@H](OC(C)=O)[C@@H]12. The molecule has 0 saturated heterocycles. The summed E-state index contributed by atoms with van der Waals surface area (Å²) in [5.74, 6) is -2.39. The summed E-state index contributed by atoms with van der Waals surface area (Å²) in [5, 5.41) is 10.5. The lowest BCUT2D eigenvalue weighted by atomic mass is 9.74. The van der Waals surface area contributed by atoms with Gasteiger partial charge in [0, 0.05) is 32.3 Å².